The molecule has 9 heteroatoms. The maximum Gasteiger partial charge on any atom is 0.306 e. The second kappa shape index (κ2) is 9.49. The maximum atomic E-state index is 13.8. The highest BCUT2D eigenvalue weighted by Crippen LogP contribution is 2.33. The van der Waals surface area contributed by atoms with Gasteiger partial charge in [0.25, 0.3) is 11.1 Å². The fourth-order valence-electron chi connectivity index (χ4n) is 5.28. The van der Waals surface area contributed by atoms with E-state index in [1.807, 2.05) is 18.2 Å². The van der Waals surface area contributed by atoms with Crippen molar-refractivity contribution in [3.05, 3.63) is 91.6 Å². The average Bonchev–Trinajstić information content (AvgIpc) is 3.39. The molecule has 1 aliphatic rings. The molecule has 1 atom stereocenters. The van der Waals surface area contributed by atoms with Crippen LogP contribution in [0.25, 0.3) is 10.9 Å². The Kier molecular flexibility index (Phi) is 6.22. The first kappa shape index (κ1) is 23.6. The number of hydrogen-bond acceptors (Lipinski definition) is 6. The maximum absolute atomic E-state index is 13.8. The van der Waals surface area contributed by atoms with Crippen molar-refractivity contribution in [2.45, 2.75) is 51.6 Å². The van der Waals surface area contributed by atoms with Gasteiger partial charge in [0.2, 0.25) is 0 Å². The number of aryl methyl sites for hydroxylation is 4. The fourth-order valence-corrected chi connectivity index (χ4v) is 5.28. The second-order valence-corrected chi connectivity index (χ2v) is 9.22. The molecule has 0 radical (unpaired) electrons. The third-order valence-corrected chi connectivity index (χ3v) is 7.06. The average molecular weight is 489 g/mol. The Hall–Kier alpha value is -4.14. The van der Waals surface area contributed by atoms with Crippen molar-refractivity contribution >= 4 is 16.9 Å². The van der Waals surface area contributed by atoms with Gasteiger partial charge in [0, 0.05) is 48.6 Å². The summed E-state index contributed by atoms with van der Waals surface area (Å²) in [4.78, 5) is 47.0. The lowest BCUT2D eigenvalue weighted by molar-refractivity contribution is -0.140. The summed E-state index contributed by atoms with van der Waals surface area (Å²) in [6.07, 6.45) is 5.26. The number of para-hydroxylation sites is 1. The number of hydrogen-bond donors (Lipinski definition) is 2. The molecule has 1 aromatic carbocycles. The lowest BCUT2D eigenvalue weighted by Crippen LogP contribution is -2.33. The Morgan fingerprint density at radius 3 is 2.83 bits per heavy atom. The zero-order valence-corrected chi connectivity index (χ0v) is 20.3. The highest BCUT2D eigenvalue weighted by atomic mass is 16.5. The van der Waals surface area contributed by atoms with Gasteiger partial charge in [0.15, 0.2) is 0 Å². The fraction of sp³-hybridized carbons (Fsp3) is 0.333. The van der Waals surface area contributed by atoms with E-state index in [0.717, 1.165) is 35.0 Å². The van der Waals surface area contributed by atoms with Gasteiger partial charge in [-0.3, -0.25) is 14.4 Å². The Balaban J connectivity index is 1.69. The van der Waals surface area contributed by atoms with Crippen molar-refractivity contribution in [3.8, 4) is 5.75 Å². The van der Waals surface area contributed by atoms with Crippen LogP contribution in [-0.2, 0) is 35.5 Å². The summed E-state index contributed by atoms with van der Waals surface area (Å²) >= 11 is 0. The first-order valence-corrected chi connectivity index (χ1v) is 12.0. The van der Waals surface area contributed by atoms with Gasteiger partial charge in [-0.25, -0.2) is 4.98 Å². The smallest absolute Gasteiger partial charge is 0.306 e. The number of imidazole rings is 1. The lowest BCUT2D eigenvalue weighted by atomic mass is 9.87. The molecule has 0 aliphatic carbocycles. The highest BCUT2D eigenvalue weighted by Gasteiger charge is 2.30. The van der Waals surface area contributed by atoms with E-state index in [0.29, 0.717) is 30.8 Å². The molecule has 9 nitrogen and oxygen atoms in total. The van der Waals surface area contributed by atoms with Crippen LogP contribution in [0, 0.1) is 6.92 Å². The summed E-state index contributed by atoms with van der Waals surface area (Å²) in [5, 5.41) is 11.8. The number of nitrogens with zero attached hydrogens (tertiary/aromatic N) is 3. The number of carbonyl (C=O) groups excluding carboxylic acids is 1. The molecule has 0 saturated carbocycles. The van der Waals surface area contributed by atoms with Gasteiger partial charge in [0.05, 0.1) is 30.9 Å². The van der Waals surface area contributed by atoms with Crippen LogP contribution in [0.4, 0.5) is 0 Å². The molecule has 1 aliphatic heterocycles. The number of carbonyl (C=O) groups is 1. The molecule has 0 amide bonds. The van der Waals surface area contributed by atoms with Crippen LogP contribution in [0.2, 0.25) is 0 Å². The van der Waals surface area contributed by atoms with Crippen molar-refractivity contribution < 1.29 is 14.6 Å². The molecule has 0 unspecified atom stereocenters. The number of aromatic amines is 1. The van der Waals surface area contributed by atoms with E-state index in [1.54, 1.807) is 34.6 Å². The lowest BCUT2D eigenvalue weighted by Gasteiger charge is -2.24. The monoisotopic (exact) mass is 488 g/mol. The molecule has 5 rings (SSSR count). The van der Waals surface area contributed by atoms with E-state index < -0.39 is 17.4 Å². The SMILES string of the molecule is COC(=O)C[C@H](c1c(O)cc(C)n(CCc2cnc[nH]2)c1=O)c1cc2cccc3c2n(c1=O)CCC3. The topological polar surface area (TPSA) is 119 Å². The van der Waals surface area contributed by atoms with Crippen molar-refractivity contribution in [3.63, 3.8) is 0 Å². The molecular weight excluding hydrogens is 460 g/mol. The normalized spacial score (nSPS) is 13.6. The quantitative estimate of drug-likeness (QED) is 0.386. The van der Waals surface area contributed by atoms with Gasteiger partial charge >= 0.3 is 5.97 Å². The summed E-state index contributed by atoms with van der Waals surface area (Å²) in [6.45, 7) is 2.64. The molecule has 36 heavy (non-hydrogen) atoms. The molecule has 2 N–H and O–H groups in total. The Labute approximate surface area is 207 Å². The number of pyridine rings is 2. The highest BCUT2D eigenvalue weighted by molar-refractivity contribution is 5.84. The minimum absolute atomic E-state index is 0.0202. The zero-order valence-electron chi connectivity index (χ0n) is 20.3. The van der Waals surface area contributed by atoms with E-state index in [-0.39, 0.29) is 23.3 Å². The minimum atomic E-state index is -0.963. The molecule has 4 aromatic rings. The number of nitrogens with one attached hydrogen (secondary N) is 1. The van der Waals surface area contributed by atoms with Crippen LogP contribution < -0.4 is 11.1 Å². The predicted molar refractivity (Wildman–Crippen MR) is 134 cm³/mol. The zero-order chi connectivity index (χ0) is 25.4. The van der Waals surface area contributed by atoms with Gasteiger partial charge in [-0.2, -0.15) is 0 Å². The number of rotatable bonds is 7. The molecule has 0 bridgehead atoms. The van der Waals surface area contributed by atoms with Gasteiger partial charge < -0.3 is 24.0 Å². The summed E-state index contributed by atoms with van der Waals surface area (Å²) in [5.41, 5.74) is 3.05. The molecule has 0 spiro atoms. The Morgan fingerprint density at radius 2 is 2.08 bits per heavy atom. The van der Waals surface area contributed by atoms with Crippen LogP contribution in [0.5, 0.6) is 5.75 Å². The van der Waals surface area contributed by atoms with E-state index in [9.17, 15) is 19.5 Å². The minimum Gasteiger partial charge on any atom is -0.507 e. The summed E-state index contributed by atoms with van der Waals surface area (Å²) in [5.74, 6) is -1.78. The number of esters is 1. The van der Waals surface area contributed by atoms with Gasteiger partial charge in [0.1, 0.15) is 5.75 Å². The summed E-state index contributed by atoms with van der Waals surface area (Å²) < 4.78 is 8.21. The predicted octanol–water partition coefficient (Wildman–Crippen LogP) is 2.78. The first-order chi connectivity index (χ1) is 17.4. The number of methoxy groups -OCH3 is 1. The number of aromatic hydroxyl groups is 1. The van der Waals surface area contributed by atoms with Gasteiger partial charge in [-0.15, -0.1) is 0 Å². The van der Waals surface area contributed by atoms with Crippen LogP contribution in [0.3, 0.4) is 0 Å². The van der Waals surface area contributed by atoms with Crippen LogP contribution in [0.15, 0.2) is 52.4 Å². The van der Waals surface area contributed by atoms with Crippen molar-refractivity contribution in [2.75, 3.05) is 7.11 Å². The molecule has 4 heterocycles. The van der Waals surface area contributed by atoms with E-state index >= 15 is 0 Å². The molecule has 3 aromatic heterocycles. The van der Waals surface area contributed by atoms with Gasteiger partial charge in [-0.1, -0.05) is 18.2 Å². The van der Waals surface area contributed by atoms with Crippen LogP contribution >= 0.6 is 0 Å². The Morgan fingerprint density at radius 1 is 1.25 bits per heavy atom. The third-order valence-electron chi connectivity index (χ3n) is 7.06. The van der Waals surface area contributed by atoms with Crippen molar-refractivity contribution in [1.82, 2.24) is 19.1 Å². The van der Waals surface area contributed by atoms with Crippen molar-refractivity contribution in [2.24, 2.45) is 0 Å². The third kappa shape index (κ3) is 4.10. The molecular formula is C27H28N4O5. The van der Waals surface area contributed by atoms with E-state index in [4.69, 9.17) is 4.74 Å². The van der Waals surface area contributed by atoms with Crippen LogP contribution in [-0.4, -0.2) is 37.3 Å². The second-order valence-electron chi connectivity index (χ2n) is 9.22. The van der Waals surface area contributed by atoms with Crippen molar-refractivity contribution in [1.29, 1.82) is 0 Å². The first-order valence-electron chi connectivity index (χ1n) is 12.0. The molecule has 0 fully saturated rings. The standard InChI is InChI=1S/C27H28N4O5/c1-16-11-22(32)24(27(35)30(16)10-8-19-14-28-15-29-19)20(13-23(33)36-2)21-12-18-6-3-5-17-7-4-9-31(25(17)18)26(21)34/h3,5-6,11-12,14-15,20,32H,4,7-10,13H2,1-2H3,(H,28,29)/t20-/m0/s1. The molecule has 186 valence electrons. The number of H-pyrrole nitrogens is 1. The van der Waals surface area contributed by atoms with E-state index in [1.165, 1.54) is 13.2 Å². The van der Waals surface area contributed by atoms with Gasteiger partial charge in [-0.05, 0) is 42.8 Å². The number of aromatic nitrogens is 4. The summed E-state index contributed by atoms with van der Waals surface area (Å²) in [7, 11) is 1.26. The molecule has 0 saturated heterocycles. The van der Waals surface area contributed by atoms with E-state index in [2.05, 4.69) is 9.97 Å². The largest absolute Gasteiger partial charge is 0.507 e. The number of ether oxygens (including phenoxy) is 1. The summed E-state index contributed by atoms with van der Waals surface area (Å²) in [6, 6.07) is 9.16. The Bertz CT molecular complexity index is 1570. The number of benzene rings is 1. The van der Waals surface area contributed by atoms with Crippen LogP contribution in [0.1, 0.15) is 46.8 Å².